The average molecular weight is 262 g/mol. The molecule has 0 saturated carbocycles. The van der Waals surface area contributed by atoms with Gasteiger partial charge in [-0.25, -0.2) is 0 Å². The summed E-state index contributed by atoms with van der Waals surface area (Å²) in [6.07, 6.45) is -2.76. The molecule has 0 radical (unpaired) electrons. The van der Waals surface area contributed by atoms with E-state index in [0.29, 0.717) is 0 Å². The highest BCUT2D eigenvalue weighted by atomic mass is 16.3. The summed E-state index contributed by atoms with van der Waals surface area (Å²) in [5.41, 5.74) is -0.211. The van der Waals surface area contributed by atoms with Crippen molar-refractivity contribution in [1.29, 1.82) is 0 Å². The highest BCUT2D eigenvalue weighted by Gasteiger charge is 2.22. The van der Waals surface area contributed by atoms with E-state index in [-0.39, 0.29) is 24.8 Å². The molecule has 2 atom stereocenters. The molecule has 0 aromatic heterocycles. The van der Waals surface area contributed by atoms with Crippen molar-refractivity contribution in [2.75, 3.05) is 6.61 Å². The van der Waals surface area contributed by atoms with Crippen molar-refractivity contribution in [3.05, 3.63) is 11.5 Å². The first-order chi connectivity index (χ1) is 8.29. The molecule has 0 aromatic carbocycles. The van der Waals surface area contributed by atoms with Crippen LogP contribution in [0, 0.1) is 0 Å². The molecule has 6 N–H and O–H groups in total. The van der Waals surface area contributed by atoms with E-state index in [9.17, 15) is 20.1 Å². The predicted molar refractivity (Wildman–Crippen MR) is 65.5 cm³/mol. The van der Waals surface area contributed by atoms with E-state index in [4.69, 9.17) is 5.11 Å². The summed E-state index contributed by atoms with van der Waals surface area (Å²) in [7, 11) is 0. The highest BCUT2D eigenvalue weighted by Crippen LogP contribution is 2.10. The first-order valence-corrected chi connectivity index (χ1v) is 5.73. The normalized spacial score (nSPS) is 16.2. The number of hydrogen-bond donors (Lipinski definition) is 6. The highest BCUT2D eigenvalue weighted by molar-refractivity contribution is 5.75. The zero-order valence-electron chi connectivity index (χ0n) is 10.8. The fourth-order valence-corrected chi connectivity index (χ4v) is 1.30. The average Bonchev–Trinajstić information content (AvgIpc) is 2.23. The third-order valence-electron chi connectivity index (χ3n) is 2.07. The third kappa shape index (κ3) is 5.97. The largest absolute Gasteiger partial charge is 0.508 e. The summed E-state index contributed by atoms with van der Waals surface area (Å²) in [5, 5.41) is 42.7. The van der Waals surface area contributed by atoms with Gasteiger partial charge >= 0.3 is 0 Å². The molecule has 2 unspecified atom stereocenters. The van der Waals surface area contributed by atoms with Crippen molar-refractivity contribution < 1.29 is 25.2 Å². The van der Waals surface area contributed by atoms with E-state index < -0.39 is 24.0 Å². The fraction of sp³-hybridized carbons (Fsp3) is 0.727. The van der Waals surface area contributed by atoms with E-state index in [1.165, 1.54) is 6.92 Å². The van der Waals surface area contributed by atoms with Gasteiger partial charge in [0, 0.05) is 26.0 Å². The number of aliphatic hydroxyl groups is 4. The minimum Gasteiger partial charge on any atom is -0.508 e. The van der Waals surface area contributed by atoms with Gasteiger partial charge in [0.1, 0.15) is 23.8 Å². The Morgan fingerprint density at radius 3 is 2.22 bits per heavy atom. The summed E-state index contributed by atoms with van der Waals surface area (Å²) in [6.45, 7) is 4.44. The van der Waals surface area contributed by atoms with Gasteiger partial charge in [0.05, 0.1) is 0 Å². The summed E-state index contributed by atoms with van der Waals surface area (Å²) in [6, 6.07) is -0.0912. The van der Waals surface area contributed by atoms with Gasteiger partial charge in [-0.1, -0.05) is 0 Å². The summed E-state index contributed by atoms with van der Waals surface area (Å²) < 4.78 is 0. The number of aliphatic hydroxyl groups excluding tert-OH is 4. The fourth-order valence-electron chi connectivity index (χ4n) is 1.30. The number of carbonyl (C=O) groups excluding carboxylic acids is 1. The molecule has 0 aliphatic carbocycles. The van der Waals surface area contributed by atoms with Gasteiger partial charge in [0.15, 0.2) is 0 Å². The molecule has 0 aliphatic rings. The number of hydrogen-bond acceptors (Lipinski definition) is 6. The van der Waals surface area contributed by atoms with E-state index in [2.05, 4.69) is 10.6 Å². The maximum atomic E-state index is 11.0. The SMILES string of the molecule is CC(=O)N/C(=C(\O)C(O)CCO)C(O)NC(C)C. The molecule has 0 rings (SSSR count). The zero-order valence-corrected chi connectivity index (χ0v) is 10.8. The molecule has 1 amide bonds. The molecule has 0 bridgehead atoms. The number of carbonyl (C=O) groups is 1. The minimum atomic E-state index is -1.35. The number of nitrogens with one attached hydrogen (secondary N) is 2. The van der Waals surface area contributed by atoms with Crippen molar-refractivity contribution in [2.45, 2.75) is 45.6 Å². The zero-order chi connectivity index (χ0) is 14.3. The van der Waals surface area contributed by atoms with Crippen molar-refractivity contribution in [2.24, 2.45) is 0 Å². The summed E-state index contributed by atoms with van der Waals surface area (Å²) in [5.74, 6) is -1.06. The Kier molecular flexibility index (Phi) is 7.53. The lowest BCUT2D eigenvalue weighted by Gasteiger charge is -2.22. The van der Waals surface area contributed by atoms with Crippen LogP contribution in [0.25, 0.3) is 0 Å². The van der Waals surface area contributed by atoms with Gasteiger partial charge in [0.2, 0.25) is 5.91 Å². The molecule has 7 nitrogen and oxygen atoms in total. The van der Waals surface area contributed by atoms with Crippen LogP contribution < -0.4 is 10.6 Å². The van der Waals surface area contributed by atoms with Crippen LogP contribution in [0.5, 0.6) is 0 Å². The minimum absolute atomic E-state index is 0.0912. The maximum Gasteiger partial charge on any atom is 0.221 e. The van der Waals surface area contributed by atoms with Gasteiger partial charge in [0.25, 0.3) is 0 Å². The predicted octanol–water partition coefficient (Wildman–Crippen LogP) is -1.05. The molecular formula is C11H22N2O5. The quantitative estimate of drug-likeness (QED) is 0.257. The molecular weight excluding hydrogens is 240 g/mol. The second kappa shape index (κ2) is 8.04. The van der Waals surface area contributed by atoms with E-state index in [1.54, 1.807) is 13.8 Å². The first-order valence-electron chi connectivity index (χ1n) is 5.73. The standard InChI is InChI=1S/C11H22N2O5/c1-6(2)12-11(18)9(13-7(3)15)10(17)8(16)4-5-14/h6,8,11-12,14,16-18H,4-5H2,1-3H3,(H,13,15)/b10-9-. The van der Waals surface area contributed by atoms with Gasteiger partial charge < -0.3 is 25.7 Å². The van der Waals surface area contributed by atoms with Crippen molar-refractivity contribution >= 4 is 5.91 Å². The monoisotopic (exact) mass is 262 g/mol. The molecule has 0 spiro atoms. The second-order valence-corrected chi connectivity index (χ2v) is 4.23. The number of rotatable bonds is 7. The molecule has 106 valence electrons. The molecule has 18 heavy (non-hydrogen) atoms. The van der Waals surface area contributed by atoms with Gasteiger partial charge in [-0.3, -0.25) is 10.1 Å². The van der Waals surface area contributed by atoms with Crippen LogP contribution in [0.1, 0.15) is 27.2 Å². The van der Waals surface area contributed by atoms with Crippen LogP contribution in [-0.4, -0.2) is 51.3 Å². The summed E-state index contributed by atoms with van der Waals surface area (Å²) in [4.78, 5) is 11.0. The topological polar surface area (TPSA) is 122 Å². The molecule has 0 saturated heterocycles. The Balaban J connectivity index is 5.05. The maximum absolute atomic E-state index is 11.0. The Hall–Kier alpha value is -1.15. The lowest BCUT2D eigenvalue weighted by atomic mass is 10.1. The van der Waals surface area contributed by atoms with Crippen LogP contribution in [0.2, 0.25) is 0 Å². The molecule has 0 fully saturated rings. The van der Waals surface area contributed by atoms with Gasteiger partial charge in [-0.2, -0.15) is 0 Å². The Morgan fingerprint density at radius 1 is 1.28 bits per heavy atom. The van der Waals surface area contributed by atoms with Crippen molar-refractivity contribution in [1.82, 2.24) is 10.6 Å². The van der Waals surface area contributed by atoms with Crippen molar-refractivity contribution in [3.63, 3.8) is 0 Å². The smallest absolute Gasteiger partial charge is 0.221 e. The molecule has 0 heterocycles. The Morgan fingerprint density at radius 2 is 1.83 bits per heavy atom. The van der Waals surface area contributed by atoms with Crippen molar-refractivity contribution in [3.8, 4) is 0 Å². The van der Waals surface area contributed by atoms with Crippen LogP contribution in [-0.2, 0) is 4.79 Å². The van der Waals surface area contributed by atoms with Crippen LogP contribution in [0.15, 0.2) is 11.5 Å². The van der Waals surface area contributed by atoms with Crippen LogP contribution in [0.3, 0.4) is 0 Å². The molecule has 0 aromatic rings. The molecule has 7 heteroatoms. The molecule has 0 aliphatic heterocycles. The summed E-state index contributed by atoms with van der Waals surface area (Å²) >= 11 is 0. The lowest BCUT2D eigenvalue weighted by molar-refractivity contribution is -0.118. The third-order valence-corrected chi connectivity index (χ3v) is 2.07. The van der Waals surface area contributed by atoms with Crippen LogP contribution >= 0.6 is 0 Å². The lowest BCUT2D eigenvalue weighted by Crippen LogP contribution is -2.43. The van der Waals surface area contributed by atoms with Gasteiger partial charge in [-0.15, -0.1) is 0 Å². The van der Waals surface area contributed by atoms with E-state index in [1.807, 2.05) is 0 Å². The van der Waals surface area contributed by atoms with E-state index >= 15 is 0 Å². The second-order valence-electron chi connectivity index (χ2n) is 4.23. The number of amides is 1. The first kappa shape index (κ1) is 16.9. The Bertz CT molecular complexity index is 304. The van der Waals surface area contributed by atoms with Crippen LogP contribution in [0.4, 0.5) is 0 Å². The Labute approximate surface area is 106 Å². The van der Waals surface area contributed by atoms with E-state index in [0.717, 1.165) is 0 Å². The van der Waals surface area contributed by atoms with Gasteiger partial charge in [-0.05, 0) is 13.8 Å².